The summed E-state index contributed by atoms with van der Waals surface area (Å²) >= 11 is 0. The molecule has 18 heavy (non-hydrogen) atoms. The highest BCUT2D eigenvalue weighted by Gasteiger charge is 2.04. The van der Waals surface area contributed by atoms with Gasteiger partial charge in [0, 0.05) is 12.5 Å². The van der Waals surface area contributed by atoms with E-state index in [0.717, 1.165) is 18.7 Å². The number of hydrazine groups is 1. The number of hydrogen-bond donors (Lipinski definition) is 2. The Bertz CT molecular complexity index is 358. The van der Waals surface area contributed by atoms with Gasteiger partial charge in [0.2, 0.25) is 5.88 Å². The minimum atomic E-state index is 0.205. The molecule has 1 aromatic heterocycles. The quantitative estimate of drug-likeness (QED) is 0.416. The van der Waals surface area contributed by atoms with Crippen LogP contribution in [-0.2, 0) is 11.2 Å². The molecule has 0 aromatic carbocycles. The Morgan fingerprint density at radius 3 is 2.72 bits per heavy atom. The van der Waals surface area contributed by atoms with Crippen LogP contribution in [0.15, 0.2) is 6.07 Å². The number of nitrogens with one attached hydrogen (secondary N) is 1. The van der Waals surface area contributed by atoms with Gasteiger partial charge < -0.3 is 14.9 Å². The van der Waals surface area contributed by atoms with Crippen molar-refractivity contribution in [2.24, 2.45) is 5.84 Å². The van der Waals surface area contributed by atoms with Crippen LogP contribution < -0.4 is 16.0 Å². The second-order valence-corrected chi connectivity index (χ2v) is 4.17. The fourth-order valence-corrected chi connectivity index (χ4v) is 1.39. The zero-order valence-corrected chi connectivity index (χ0v) is 11.3. The number of rotatable bonds is 8. The summed E-state index contributed by atoms with van der Waals surface area (Å²) in [5.41, 5.74) is 2.51. The fourth-order valence-electron chi connectivity index (χ4n) is 1.39. The minimum Gasteiger partial charge on any atom is -0.475 e. The van der Waals surface area contributed by atoms with Crippen LogP contribution in [0, 0.1) is 0 Å². The van der Waals surface area contributed by atoms with Crippen LogP contribution in [0.2, 0.25) is 0 Å². The van der Waals surface area contributed by atoms with Gasteiger partial charge in [-0.05, 0) is 20.3 Å². The highest BCUT2D eigenvalue weighted by Crippen LogP contribution is 2.13. The highest BCUT2D eigenvalue weighted by atomic mass is 16.5. The molecule has 6 heteroatoms. The maximum atomic E-state index is 5.51. The van der Waals surface area contributed by atoms with E-state index in [1.54, 1.807) is 6.07 Å². The normalized spacial score (nSPS) is 10.7. The molecule has 0 fully saturated rings. The monoisotopic (exact) mass is 254 g/mol. The van der Waals surface area contributed by atoms with Crippen LogP contribution in [0.4, 0.5) is 5.82 Å². The molecule has 0 unspecified atom stereocenters. The topological polar surface area (TPSA) is 82.3 Å². The zero-order valence-electron chi connectivity index (χ0n) is 11.3. The molecule has 0 atom stereocenters. The third-order valence-electron chi connectivity index (χ3n) is 2.15. The Hall–Kier alpha value is -1.40. The van der Waals surface area contributed by atoms with Gasteiger partial charge in [-0.15, -0.1) is 0 Å². The number of nitrogens with zero attached hydrogens (tertiary/aromatic N) is 2. The second kappa shape index (κ2) is 7.84. The fraction of sp³-hybridized carbons (Fsp3) is 0.667. The molecule has 0 saturated carbocycles. The van der Waals surface area contributed by atoms with Crippen molar-refractivity contribution in [3.05, 3.63) is 11.9 Å². The minimum absolute atomic E-state index is 0.205. The molecule has 3 N–H and O–H groups in total. The van der Waals surface area contributed by atoms with E-state index < -0.39 is 0 Å². The van der Waals surface area contributed by atoms with Crippen LogP contribution >= 0.6 is 0 Å². The molecule has 0 bridgehead atoms. The molecule has 1 heterocycles. The third-order valence-corrected chi connectivity index (χ3v) is 2.15. The molecule has 0 aliphatic rings. The summed E-state index contributed by atoms with van der Waals surface area (Å²) in [5.74, 6) is 7.17. The van der Waals surface area contributed by atoms with Gasteiger partial charge in [-0.3, -0.25) is 0 Å². The number of hydrogen-bond acceptors (Lipinski definition) is 6. The summed E-state index contributed by atoms with van der Waals surface area (Å²) in [6, 6.07) is 1.68. The molecular formula is C12H22N4O2. The Kier molecular flexibility index (Phi) is 6.38. The van der Waals surface area contributed by atoms with Crippen LogP contribution in [0.5, 0.6) is 5.88 Å². The number of anilines is 1. The number of aryl methyl sites for hydroxylation is 1. The Morgan fingerprint density at radius 1 is 1.33 bits per heavy atom. The van der Waals surface area contributed by atoms with E-state index in [4.69, 9.17) is 15.3 Å². The number of ether oxygens (including phenoxy) is 2. The van der Waals surface area contributed by atoms with Crippen LogP contribution in [0.25, 0.3) is 0 Å². The first-order valence-electron chi connectivity index (χ1n) is 6.24. The standard InChI is InChI=1S/C12H22N4O2/c1-4-5-10-14-11(16-13)8-12(15-10)18-7-6-17-9(2)3/h8-9H,4-7,13H2,1-3H3,(H,14,15,16). The number of nitrogen functional groups attached to an aromatic ring is 1. The predicted molar refractivity (Wildman–Crippen MR) is 70.4 cm³/mol. The van der Waals surface area contributed by atoms with Crippen molar-refractivity contribution in [1.29, 1.82) is 0 Å². The van der Waals surface area contributed by atoms with E-state index in [0.29, 0.717) is 24.9 Å². The van der Waals surface area contributed by atoms with Gasteiger partial charge in [-0.1, -0.05) is 6.92 Å². The van der Waals surface area contributed by atoms with E-state index in [1.807, 2.05) is 13.8 Å². The first kappa shape index (κ1) is 14.7. The van der Waals surface area contributed by atoms with Gasteiger partial charge in [0.25, 0.3) is 0 Å². The lowest BCUT2D eigenvalue weighted by atomic mass is 10.3. The van der Waals surface area contributed by atoms with E-state index in [-0.39, 0.29) is 6.10 Å². The van der Waals surface area contributed by atoms with E-state index in [2.05, 4.69) is 22.3 Å². The van der Waals surface area contributed by atoms with Crippen molar-refractivity contribution in [2.45, 2.75) is 39.7 Å². The molecule has 0 amide bonds. The first-order valence-corrected chi connectivity index (χ1v) is 6.24. The van der Waals surface area contributed by atoms with Gasteiger partial charge >= 0.3 is 0 Å². The van der Waals surface area contributed by atoms with Gasteiger partial charge in [-0.25, -0.2) is 10.8 Å². The summed E-state index contributed by atoms with van der Waals surface area (Å²) < 4.78 is 10.9. The van der Waals surface area contributed by atoms with E-state index in [1.165, 1.54) is 0 Å². The van der Waals surface area contributed by atoms with Crippen LogP contribution in [0.3, 0.4) is 0 Å². The van der Waals surface area contributed by atoms with Crippen molar-refractivity contribution in [3.8, 4) is 5.88 Å². The van der Waals surface area contributed by atoms with Gasteiger partial charge in [-0.2, -0.15) is 4.98 Å². The van der Waals surface area contributed by atoms with Crippen molar-refractivity contribution >= 4 is 5.82 Å². The molecule has 0 radical (unpaired) electrons. The molecule has 102 valence electrons. The molecular weight excluding hydrogens is 232 g/mol. The summed E-state index contributed by atoms with van der Waals surface area (Å²) in [6.45, 7) is 7.05. The van der Waals surface area contributed by atoms with E-state index in [9.17, 15) is 0 Å². The Balaban J connectivity index is 2.55. The van der Waals surface area contributed by atoms with Crippen molar-refractivity contribution in [3.63, 3.8) is 0 Å². The summed E-state index contributed by atoms with van der Waals surface area (Å²) in [5, 5.41) is 0. The number of aromatic nitrogens is 2. The van der Waals surface area contributed by atoms with Gasteiger partial charge in [0.1, 0.15) is 18.2 Å². The Labute approximate surface area is 108 Å². The largest absolute Gasteiger partial charge is 0.475 e. The third kappa shape index (κ3) is 5.29. The van der Waals surface area contributed by atoms with Crippen molar-refractivity contribution < 1.29 is 9.47 Å². The van der Waals surface area contributed by atoms with Crippen LogP contribution in [0.1, 0.15) is 33.0 Å². The van der Waals surface area contributed by atoms with E-state index >= 15 is 0 Å². The molecule has 0 aliphatic carbocycles. The predicted octanol–water partition coefficient (Wildman–Crippen LogP) is 1.52. The summed E-state index contributed by atoms with van der Waals surface area (Å²) in [7, 11) is 0. The average Bonchev–Trinajstić information content (AvgIpc) is 2.34. The SMILES string of the molecule is CCCc1nc(NN)cc(OCCOC(C)C)n1. The smallest absolute Gasteiger partial charge is 0.218 e. The maximum absolute atomic E-state index is 5.51. The molecule has 0 aliphatic heterocycles. The summed E-state index contributed by atoms with van der Waals surface area (Å²) in [4.78, 5) is 8.54. The molecule has 1 aromatic rings. The lowest BCUT2D eigenvalue weighted by Crippen LogP contribution is -2.14. The molecule has 1 rings (SSSR count). The van der Waals surface area contributed by atoms with Crippen LogP contribution in [-0.4, -0.2) is 29.3 Å². The van der Waals surface area contributed by atoms with Gasteiger partial charge in [0.05, 0.1) is 12.7 Å². The lowest BCUT2D eigenvalue weighted by Gasteiger charge is -2.10. The average molecular weight is 254 g/mol. The van der Waals surface area contributed by atoms with Gasteiger partial charge in [0.15, 0.2) is 0 Å². The maximum Gasteiger partial charge on any atom is 0.218 e. The molecule has 0 saturated heterocycles. The first-order chi connectivity index (χ1) is 8.65. The second-order valence-electron chi connectivity index (χ2n) is 4.17. The molecule has 0 spiro atoms. The summed E-state index contributed by atoms with van der Waals surface area (Å²) in [6.07, 6.45) is 1.98. The highest BCUT2D eigenvalue weighted by molar-refractivity contribution is 5.36. The zero-order chi connectivity index (χ0) is 13.4. The van der Waals surface area contributed by atoms with Crippen molar-refractivity contribution in [2.75, 3.05) is 18.6 Å². The number of nitrogens with two attached hydrogens (primary N) is 1. The Morgan fingerprint density at radius 2 is 2.11 bits per heavy atom. The van der Waals surface area contributed by atoms with Crippen molar-refractivity contribution in [1.82, 2.24) is 9.97 Å². The lowest BCUT2D eigenvalue weighted by molar-refractivity contribution is 0.0542. The molecule has 6 nitrogen and oxygen atoms in total.